The molecule has 0 spiro atoms. The average molecular weight is 415 g/mol. The highest BCUT2D eigenvalue weighted by Gasteiger charge is 2.28. The maximum absolute atomic E-state index is 12.6. The van der Waals surface area contributed by atoms with Gasteiger partial charge in [0.2, 0.25) is 0 Å². The normalized spacial score (nSPS) is 13.4. The Morgan fingerprint density at radius 3 is 2.68 bits per heavy atom. The molecule has 1 aromatic heterocycles. The Hall–Kier alpha value is -3.67. The lowest BCUT2D eigenvalue weighted by atomic mass is 10.1. The largest absolute Gasteiger partial charge is 0.362 e. The molecular formula is C25H26N4O2. The summed E-state index contributed by atoms with van der Waals surface area (Å²) in [6, 6.07) is 17.8. The molecule has 1 aliphatic heterocycles. The van der Waals surface area contributed by atoms with Crippen molar-refractivity contribution >= 4 is 23.2 Å². The van der Waals surface area contributed by atoms with Gasteiger partial charge in [-0.2, -0.15) is 0 Å². The third-order valence-corrected chi connectivity index (χ3v) is 5.66. The molecule has 0 fully saturated rings. The number of aromatic nitrogens is 1. The zero-order valence-corrected chi connectivity index (χ0v) is 17.8. The Morgan fingerprint density at radius 1 is 1.06 bits per heavy atom. The second-order valence-electron chi connectivity index (χ2n) is 7.86. The number of aryl methyl sites for hydroxylation is 2. The quantitative estimate of drug-likeness (QED) is 0.626. The van der Waals surface area contributed by atoms with Gasteiger partial charge in [0.05, 0.1) is 6.04 Å². The van der Waals surface area contributed by atoms with E-state index in [4.69, 9.17) is 0 Å². The molecule has 0 aliphatic carbocycles. The van der Waals surface area contributed by atoms with Crippen LogP contribution in [0.5, 0.6) is 0 Å². The SMILES string of the molecule is Cc1ccc(NC(=O)C(=O)NCC(c2cccnc2)N2CCc3ccccc32)c(C)c1. The molecule has 158 valence electrons. The molecule has 2 aromatic carbocycles. The van der Waals surface area contributed by atoms with Crippen molar-refractivity contribution in [2.24, 2.45) is 0 Å². The van der Waals surface area contributed by atoms with E-state index in [0.717, 1.165) is 35.3 Å². The molecule has 4 rings (SSSR count). The van der Waals surface area contributed by atoms with Gasteiger partial charge in [0, 0.05) is 36.9 Å². The summed E-state index contributed by atoms with van der Waals surface area (Å²) in [5.74, 6) is -1.32. The van der Waals surface area contributed by atoms with Crippen LogP contribution < -0.4 is 15.5 Å². The van der Waals surface area contributed by atoms with E-state index >= 15 is 0 Å². The van der Waals surface area contributed by atoms with Crippen LogP contribution in [0.15, 0.2) is 67.0 Å². The van der Waals surface area contributed by atoms with Gasteiger partial charge in [-0.25, -0.2) is 0 Å². The van der Waals surface area contributed by atoms with E-state index in [-0.39, 0.29) is 6.04 Å². The van der Waals surface area contributed by atoms with Gasteiger partial charge in [-0.05, 0) is 55.2 Å². The van der Waals surface area contributed by atoms with E-state index < -0.39 is 11.8 Å². The molecule has 1 unspecified atom stereocenters. The first-order chi connectivity index (χ1) is 15.0. The smallest absolute Gasteiger partial charge is 0.313 e. The minimum Gasteiger partial charge on any atom is -0.362 e. The van der Waals surface area contributed by atoms with Crippen molar-refractivity contribution in [2.45, 2.75) is 26.3 Å². The van der Waals surface area contributed by atoms with Crippen LogP contribution in [0.2, 0.25) is 0 Å². The molecule has 1 aliphatic rings. The van der Waals surface area contributed by atoms with Crippen molar-refractivity contribution in [3.63, 3.8) is 0 Å². The molecule has 2 amide bonds. The molecule has 2 N–H and O–H groups in total. The Labute approximate surface area is 182 Å². The highest BCUT2D eigenvalue weighted by atomic mass is 16.2. The summed E-state index contributed by atoms with van der Waals surface area (Å²) in [5, 5.41) is 5.53. The van der Waals surface area contributed by atoms with Gasteiger partial charge in [0.1, 0.15) is 0 Å². The van der Waals surface area contributed by atoms with Crippen molar-refractivity contribution in [3.8, 4) is 0 Å². The summed E-state index contributed by atoms with van der Waals surface area (Å²) in [5.41, 5.74) is 6.10. The van der Waals surface area contributed by atoms with Gasteiger partial charge in [-0.1, -0.05) is 42.0 Å². The molecule has 1 atom stereocenters. The maximum Gasteiger partial charge on any atom is 0.313 e. The molecule has 6 heteroatoms. The summed E-state index contributed by atoms with van der Waals surface area (Å²) in [6.07, 6.45) is 4.50. The zero-order valence-electron chi connectivity index (χ0n) is 17.8. The second kappa shape index (κ2) is 9.00. The monoisotopic (exact) mass is 414 g/mol. The predicted octanol–water partition coefficient (Wildman–Crippen LogP) is 3.56. The van der Waals surface area contributed by atoms with Crippen molar-refractivity contribution in [1.29, 1.82) is 0 Å². The van der Waals surface area contributed by atoms with E-state index in [1.807, 2.05) is 62.5 Å². The fourth-order valence-electron chi connectivity index (χ4n) is 4.07. The number of nitrogens with one attached hydrogen (secondary N) is 2. The minimum atomic E-state index is -0.668. The molecular weight excluding hydrogens is 388 g/mol. The number of hydrogen-bond donors (Lipinski definition) is 2. The van der Waals surface area contributed by atoms with Crippen LogP contribution in [-0.2, 0) is 16.0 Å². The number of rotatable bonds is 5. The van der Waals surface area contributed by atoms with Gasteiger partial charge in [-0.3, -0.25) is 14.6 Å². The molecule has 31 heavy (non-hydrogen) atoms. The topological polar surface area (TPSA) is 74.3 Å². The molecule has 0 bridgehead atoms. The number of pyridine rings is 1. The highest BCUT2D eigenvalue weighted by molar-refractivity contribution is 6.39. The van der Waals surface area contributed by atoms with Crippen LogP contribution in [-0.4, -0.2) is 29.9 Å². The fourth-order valence-corrected chi connectivity index (χ4v) is 4.07. The number of anilines is 2. The lowest BCUT2D eigenvalue weighted by molar-refractivity contribution is -0.136. The van der Waals surface area contributed by atoms with Crippen molar-refractivity contribution in [3.05, 3.63) is 89.2 Å². The Balaban J connectivity index is 1.48. The van der Waals surface area contributed by atoms with Gasteiger partial charge in [0.25, 0.3) is 0 Å². The minimum absolute atomic E-state index is 0.116. The van der Waals surface area contributed by atoms with E-state index in [1.165, 1.54) is 5.56 Å². The Kier molecular flexibility index (Phi) is 5.98. The number of hydrogen-bond acceptors (Lipinski definition) is 4. The molecule has 2 heterocycles. The predicted molar refractivity (Wildman–Crippen MR) is 122 cm³/mol. The summed E-state index contributed by atoms with van der Waals surface area (Å²) in [7, 11) is 0. The third-order valence-electron chi connectivity index (χ3n) is 5.66. The number of fused-ring (bicyclic) bond motifs is 1. The van der Waals surface area contributed by atoms with Crippen LogP contribution in [0.4, 0.5) is 11.4 Å². The molecule has 0 saturated carbocycles. The summed E-state index contributed by atoms with van der Waals surface area (Å²) in [4.78, 5) is 31.6. The van der Waals surface area contributed by atoms with E-state index in [0.29, 0.717) is 12.2 Å². The highest BCUT2D eigenvalue weighted by Crippen LogP contribution is 2.34. The van der Waals surface area contributed by atoms with Crippen LogP contribution in [0.1, 0.15) is 28.3 Å². The molecule has 0 saturated heterocycles. The third kappa shape index (κ3) is 4.58. The Bertz CT molecular complexity index is 1100. The number of para-hydroxylation sites is 1. The number of carbonyl (C=O) groups excluding carboxylic acids is 2. The average Bonchev–Trinajstić information content (AvgIpc) is 3.20. The lowest BCUT2D eigenvalue weighted by Crippen LogP contribution is -2.42. The van der Waals surface area contributed by atoms with Crippen molar-refractivity contribution in [2.75, 3.05) is 23.3 Å². The first-order valence-corrected chi connectivity index (χ1v) is 10.4. The van der Waals surface area contributed by atoms with Crippen LogP contribution in [0.3, 0.4) is 0 Å². The number of amides is 2. The number of carbonyl (C=O) groups is 2. The maximum atomic E-state index is 12.6. The Morgan fingerprint density at radius 2 is 1.90 bits per heavy atom. The van der Waals surface area contributed by atoms with E-state index in [2.05, 4.69) is 32.7 Å². The molecule has 0 radical (unpaired) electrons. The van der Waals surface area contributed by atoms with E-state index in [9.17, 15) is 9.59 Å². The van der Waals surface area contributed by atoms with Gasteiger partial charge in [-0.15, -0.1) is 0 Å². The van der Waals surface area contributed by atoms with Crippen molar-refractivity contribution < 1.29 is 9.59 Å². The number of nitrogens with zero attached hydrogens (tertiary/aromatic N) is 2. The van der Waals surface area contributed by atoms with E-state index in [1.54, 1.807) is 6.20 Å². The first kappa shape index (κ1) is 20.6. The summed E-state index contributed by atoms with van der Waals surface area (Å²) >= 11 is 0. The van der Waals surface area contributed by atoms with Gasteiger partial charge in [0.15, 0.2) is 0 Å². The standard InChI is InChI=1S/C25H26N4O2/c1-17-9-10-21(18(2)14-17)28-25(31)24(30)27-16-23(20-7-5-12-26-15-20)29-13-11-19-6-3-4-8-22(19)29/h3-10,12,14-15,23H,11,13,16H2,1-2H3,(H,27,30)(H,28,31). The summed E-state index contributed by atoms with van der Waals surface area (Å²) in [6.45, 7) is 5.05. The summed E-state index contributed by atoms with van der Waals surface area (Å²) < 4.78 is 0. The lowest BCUT2D eigenvalue weighted by Gasteiger charge is -2.30. The fraction of sp³-hybridized carbons (Fsp3) is 0.240. The number of benzene rings is 2. The van der Waals surface area contributed by atoms with Gasteiger partial charge >= 0.3 is 11.8 Å². The van der Waals surface area contributed by atoms with Crippen molar-refractivity contribution in [1.82, 2.24) is 10.3 Å². The molecule has 3 aromatic rings. The van der Waals surface area contributed by atoms with Gasteiger partial charge < -0.3 is 15.5 Å². The first-order valence-electron chi connectivity index (χ1n) is 10.4. The molecule has 6 nitrogen and oxygen atoms in total. The zero-order chi connectivity index (χ0) is 21.8. The van der Waals surface area contributed by atoms with Crippen LogP contribution >= 0.6 is 0 Å². The second-order valence-corrected chi connectivity index (χ2v) is 7.86. The van der Waals surface area contributed by atoms with Crippen LogP contribution in [0, 0.1) is 13.8 Å². The van der Waals surface area contributed by atoms with Crippen LogP contribution in [0.25, 0.3) is 0 Å².